The minimum absolute atomic E-state index is 0.649. The first-order valence-corrected chi connectivity index (χ1v) is 6.98. The Bertz CT molecular complexity index is 367. The van der Waals surface area contributed by atoms with Gasteiger partial charge in [-0.05, 0) is 37.6 Å². The van der Waals surface area contributed by atoms with Crippen molar-refractivity contribution in [3.05, 3.63) is 24.3 Å². The Hall–Kier alpha value is -1.22. The summed E-state index contributed by atoms with van der Waals surface area (Å²) >= 11 is 0. The lowest BCUT2D eigenvalue weighted by Crippen LogP contribution is -2.33. The molecule has 1 N–H and O–H groups in total. The van der Waals surface area contributed by atoms with Crippen molar-refractivity contribution in [3.8, 4) is 5.75 Å². The number of benzene rings is 1. The average molecular weight is 248 g/mol. The fraction of sp³-hybridized carbons (Fsp3) is 0.600. The van der Waals surface area contributed by atoms with Gasteiger partial charge in [0.15, 0.2) is 0 Å². The van der Waals surface area contributed by atoms with Crippen LogP contribution in [-0.4, -0.2) is 32.8 Å². The maximum atomic E-state index is 5.78. The second kappa shape index (κ2) is 6.64. The summed E-state index contributed by atoms with van der Waals surface area (Å²) in [6.45, 7) is 9.59. The first-order valence-electron chi connectivity index (χ1n) is 6.98. The number of hydrogen-bond acceptors (Lipinski definition) is 3. The molecule has 1 aliphatic heterocycles. The van der Waals surface area contributed by atoms with E-state index >= 15 is 0 Å². The minimum atomic E-state index is 0.649. The van der Waals surface area contributed by atoms with Gasteiger partial charge in [0, 0.05) is 13.1 Å². The summed E-state index contributed by atoms with van der Waals surface area (Å²) in [6, 6.07) is 8.38. The monoisotopic (exact) mass is 248 g/mol. The molecule has 1 aromatic rings. The van der Waals surface area contributed by atoms with Crippen molar-refractivity contribution in [2.75, 3.05) is 37.7 Å². The van der Waals surface area contributed by atoms with Gasteiger partial charge in [-0.15, -0.1) is 0 Å². The third-order valence-electron chi connectivity index (χ3n) is 3.31. The van der Waals surface area contributed by atoms with Crippen molar-refractivity contribution in [1.29, 1.82) is 0 Å². The first-order chi connectivity index (χ1) is 8.81. The van der Waals surface area contributed by atoms with Crippen LogP contribution >= 0.6 is 0 Å². The van der Waals surface area contributed by atoms with Crippen LogP contribution in [0.25, 0.3) is 0 Å². The smallest absolute Gasteiger partial charge is 0.142 e. The van der Waals surface area contributed by atoms with Crippen molar-refractivity contribution in [1.82, 2.24) is 5.32 Å². The van der Waals surface area contributed by atoms with Crippen LogP contribution in [0.3, 0.4) is 0 Å². The second-order valence-corrected chi connectivity index (χ2v) is 5.03. The molecule has 1 aliphatic rings. The molecule has 0 amide bonds. The van der Waals surface area contributed by atoms with Crippen LogP contribution in [0.5, 0.6) is 5.75 Å². The highest BCUT2D eigenvalue weighted by Crippen LogP contribution is 2.30. The molecule has 1 unspecified atom stereocenters. The van der Waals surface area contributed by atoms with Crippen LogP contribution in [0.4, 0.5) is 5.69 Å². The predicted molar refractivity (Wildman–Crippen MR) is 76.5 cm³/mol. The molecule has 0 saturated heterocycles. The van der Waals surface area contributed by atoms with Crippen molar-refractivity contribution >= 4 is 5.69 Å². The van der Waals surface area contributed by atoms with E-state index in [1.807, 2.05) is 6.07 Å². The van der Waals surface area contributed by atoms with Crippen LogP contribution in [0.2, 0.25) is 0 Å². The van der Waals surface area contributed by atoms with Gasteiger partial charge in [0.25, 0.3) is 0 Å². The maximum absolute atomic E-state index is 5.78. The fourth-order valence-corrected chi connectivity index (χ4v) is 2.42. The quantitative estimate of drug-likeness (QED) is 0.866. The molecule has 0 saturated carbocycles. The van der Waals surface area contributed by atoms with E-state index in [1.165, 1.54) is 5.69 Å². The maximum Gasteiger partial charge on any atom is 0.142 e. The van der Waals surface area contributed by atoms with Gasteiger partial charge in [-0.2, -0.15) is 0 Å². The number of nitrogens with one attached hydrogen (secondary N) is 1. The van der Waals surface area contributed by atoms with Crippen LogP contribution in [-0.2, 0) is 0 Å². The summed E-state index contributed by atoms with van der Waals surface area (Å²) < 4.78 is 5.78. The van der Waals surface area contributed by atoms with Crippen molar-refractivity contribution in [2.45, 2.75) is 20.3 Å². The topological polar surface area (TPSA) is 24.5 Å². The number of para-hydroxylation sites is 2. The SMILES string of the molecule is CCNCC(C)CN1CCCOc2ccccc21. The lowest BCUT2D eigenvalue weighted by Gasteiger charge is -2.27. The average Bonchev–Trinajstić information content (AvgIpc) is 2.59. The third kappa shape index (κ3) is 3.39. The van der Waals surface area contributed by atoms with Crippen LogP contribution in [0.1, 0.15) is 20.3 Å². The van der Waals surface area contributed by atoms with E-state index in [1.54, 1.807) is 0 Å². The summed E-state index contributed by atoms with van der Waals surface area (Å²) in [7, 11) is 0. The molecule has 1 heterocycles. The molecule has 2 rings (SSSR count). The molecule has 0 radical (unpaired) electrons. The molecule has 0 aromatic heterocycles. The van der Waals surface area contributed by atoms with Crippen molar-refractivity contribution in [2.24, 2.45) is 5.92 Å². The van der Waals surface area contributed by atoms with Crippen LogP contribution in [0, 0.1) is 5.92 Å². The normalized spacial score (nSPS) is 16.7. The van der Waals surface area contributed by atoms with Gasteiger partial charge < -0.3 is 15.0 Å². The highest BCUT2D eigenvalue weighted by molar-refractivity contribution is 5.58. The zero-order valence-electron chi connectivity index (χ0n) is 11.5. The number of anilines is 1. The Balaban J connectivity index is 2.03. The van der Waals surface area contributed by atoms with E-state index in [0.29, 0.717) is 5.92 Å². The molecule has 1 aromatic carbocycles. The Morgan fingerprint density at radius 3 is 3.06 bits per heavy atom. The number of fused-ring (bicyclic) bond motifs is 1. The van der Waals surface area contributed by atoms with E-state index in [9.17, 15) is 0 Å². The van der Waals surface area contributed by atoms with E-state index in [2.05, 4.69) is 42.3 Å². The van der Waals surface area contributed by atoms with E-state index < -0.39 is 0 Å². The molecule has 0 fully saturated rings. The Kier molecular flexibility index (Phi) is 4.88. The Labute approximate surface area is 110 Å². The predicted octanol–water partition coefficient (Wildman–Crippen LogP) is 2.52. The van der Waals surface area contributed by atoms with Gasteiger partial charge >= 0.3 is 0 Å². The summed E-state index contributed by atoms with van der Waals surface area (Å²) in [4.78, 5) is 2.46. The van der Waals surface area contributed by atoms with E-state index in [0.717, 1.165) is 45.0 Å². The molecule has 3 heteroatoms. The summed E-state index contributed by atoms with van der Waals surface area (Å²) in [5.41, 5.74) is 1.25. The first kappa shape index (κ1) is 13.2. The minimum Gasteiger partial charge on any atom is -0.491 e. The summed E-state index contributed by atoms with van der Waals surface area (Å²) in [5.74, 6) is 1.68. The van der Waals surface area contributed by atoms with Gasteiger partial charge in [-0.25, -0.2) is 0 Å². The lowest BCUT2D eigenvalue weighted by molar-refractivity contribution is 0.322. The Morgan fingerprint density at radius 1 is 1.39 bits per heavy atom. The van der Waals surface area contributed by atoms with E-state index in [4.69, 9.17) is 4.74 Å². The number of rotatable bonds is 5. The summed E-state index contributed by atoms with van der Waals surface area (Å²) in [5, 5.41) is 3.42. The van der Waals surface area contributed by atoms with Gasteiger partial charge in [0.05, 0.1) is 12.3 Å². The highest BCUT2D eigenvalue weighted by atomic mass is 16.5. The number of hydrogen-bond donors (Lipinski definition) is 1. The molecule has 0 spiro atoms. The van der Waals surface area contributed by atoms with Crippen molar-refractivity contribution in [3.63, 3.8) is 0 Å². The molecule has 1 atom stereocenters. The molecular formula is C15H24N2O. The lowest BCUT2D eigenvalue weighted by atomic mass is 10.1. The Morgan fingerprint density at radius 2 is 2.22 bits per heavy atom. The zero-order chi connectivity index (χ0) is 12.8. The number of ether oxygens (including phenoxy) is 1. The number of nitrogens with zero attached hydrogens (tertiary/aromatic N) is 1. The zero-order valence-corrected chi connectivity index (χ0v) is 11.5. The molecular weight excluding hydrogens is 224 g/mol. The van der Waals surface area contributed by atoms with Crippen molar-refractivity contribution < 1.29 is 4.74 Å². The van der Waals surface area contributed by atoms with Crippen LogP contribution < -0.4 is 15.0 Å². The standard InChI is InChI=1S/C15H24N2O/c1-3-16-11-13(2)12-17-9-6-10-18-15-8-5-4-7-14(15)17/h4-5,7-8,13,16H,3,6,9-12H2,1-2H3. The molecule has 100 valence electrons. The van der Waals surface area contributed by atoms with Gasteiger partial charge in [-0.3, -0.25) is 0 Å². The summed E-state index contributed by atoms with van der Waals surface area (Å²) in [6.07, 6.45) is 1.10. The molecule has 3 nitrogen and oxygen atoms in total. The molecule has 0 aliphatic carbocycles. The second-order valence-electron chi connectivity index (χ2n) is 5.03. The van der Waals surface area contributed by atoms with Crippen LogP contribution in [0.15, 0.2) is 24.3 Å². The third-order valence-corrected chi connectivity index (χ3v) is 3.31. The van der Waals surface area contributed by atoms with Gasteiger partial charge in [0.1, 0.15) is 5.75 Å². The fourth-order valence-electron chi connectivity index (χ4n) is 2.42. The highest BCUT2D eigenvalue weighted by Gasteiger charge is 2.17. The van der Waals surface area contributed by atoms with Gasteiger partial charge in [-0.1, -0.05) is 26.0 Å². The molecule has 0 bridgehead atoms. The molecule has 18 heavy (non-hydrogen) atoms. The largest absolute Gasteiger partial charge is 0.491 e. The van der Waals surface area contributed by atoms with Gasteiger partial charge in [0.2, 0.25) is 0 Å². The van der Waals surface area contributed by atoms with E-state index in [-0.39, 0.29) is 0 Å².